The van der Waals surface area contributed by atoms with Crippen LogP contribution in [0.3, 0.4) is 0 Å². The summed E-state index contributed by atoms with van der Waals surface area (Å²) in [6, 6.07) is 7.14. The zero-order valence-corrected chi connectivity index (χ0v) is 7.77. The third-order valence-corrected chi connectivity index (χ3v) is 2.41. The van der Waals surface area contributed by atoms with Crippen LogP contribution in [0.2, 0.25) is 0 Å². The summed E-state index contributed by atoms with van der Waals surface area (Å²) in [6.45, 7) is 0. The van der Waals surface area contributed by atoms with E-state index in [1.165, 1.54) is 0 Å². The van der Waals surface area contributed by atoms with E-state index in [9.17, 15) is 9.90 Å². The summed E-state index contributed by atoms with van der Waals surface area (Å²) >= 11 is 0. The number of esters is 1. The molecule has 1 N–H and O–H groups in total. The quantitative estimate of drug-likeness (QED) is 0.724. The average molecular weight is 192 g/mol. The molecule has 0 saturated carbocycles. The highest BCUT2D eigenvalue weighted by Gasteiger charge is 2.23. The van der Waals surface area contributed by atoms with Crippen LogP contribution >= 0.6 is 0 Å². The van der Waals surface area contributed by atoms with Crippen molar-refractivity contribution in [2.24, 2.45) is 0 Å². The van der Waals surface area contributed by atoms with Crippen LogP contribution in [0.15, 0.2) is 24.3 Å². The number of aromatic hydroxyl groups is 1. The normalized spacial score (nSPS) is 20.9. The van der Waals surface area contributed by atoms with Gasteiger partial charge in [-0.1, -0.05) is 18.2 Å². The SMILES string of the molecule is O=C1CCC(Cc2ccccc2O)O1. The van der Waals surface area contributed by atoms with Gasteiger partial charge in [0.2, 0.25) is 0 Å². The van der Waals surface area contributed by atoms with Crippen LogP contribution in [0.1, 0.15) is 18.4 Å². The van der Waals surface area contributed by atoms with Crippen molar-refractivity contribution in [3.63, 3.8) is 0 Å². The molecule has 1 heterocycles. The molecule has 0 aliphatic carbocycles. The second kappa shape index (κ2) is 3.70. The average Bonchev–Trinajstić information content (AvgIpc) is 2.56. The lowest BCUT2D eigenvalue weighted by Crippen LogP contribution is -2.10. The molecule has 1 unspecified atom stereocenters. The molecular weight excluding hydrogens is 180 g/mol. The van der Waals surface area contributed by atoms with Crippen LogP contribution < -0.4 is 0 Å². The Morgan fingerprint density at radius 3 is 2.86 bits per heavy atom. The van der Waals surface area contributed by atoms with Gasteiger partial charge in [-0.05, 0) is 18.1 Å². The van der Waals surface area contributed by atoms with Crippen LogP contribution in [0.5, 0.6) is 5.75 Å². The maximum absolute atomic E-state index is 10.8. The number of para-hydroxylation sites is 1. The van der Waals surface area contributed by atoms with Gasteiger partial charge in [0, 0.05) is 12.8 Å². The van der Waals surface area contributed by atoms with Crippen molar-refractivity contribution in [2.45, 2.75) is 25.4 Å². The highest BCUT2D eigenvalue weighted by Crippen LogP contribution is 2.23. The number of hydrogen-bond acceptors (Lipinski definition) is 3. The fourth-order valence-corrected chi connectivity index (χ4v) is 1.66. The Morgan fingerprint density at radius 2 is 2.21 bits per heavy atom. The van der Waals surface area contributed by atoms with Crippen molar-refractivity contribution >= 4 is 5.97 Å². The van der Waals surface area contributed by atoms with E-state index < -0.39 is 0 Å². The minimum Gasteiger partial charge on any atom is -0.508 e. The number of carbonyl (C=O) groups excluding carboxylic acids is 1. The Hall–Kier alpha value is -1.51. The molecule has 74 valence electrons. The molecule has 0 amide bonds. The lowest BCUT2D eigenvalue weighted by Gasteiger charge is -2.09. The first kappa shape index (κ1) is 9.06. The molecule has 0 radical (unpaired) electrons. The fraction of sp³-hybridized carbons (Fsp3) is 0.364. The Labute approximate surface area is 82.3 Å². The molecule has 1 atom stereocenters. The van der Waals surface area contributed by atoms with Crippen molar-refractivity contribution < 1.29 is 14.6 Å². The molecular formula is C11H12O3. The zero-order valence-electron chi connectivity index (χ0n) is 7.77. The van der Waals surface area contributed by atoms with E-state index in [-0.39, 0.29) is 17.8 Å². The number of phenols is 1. The van der Waals surface area contributed by atoms with Crippen LogP contribution in [0.4, 0.5) is 0 Å². The molecule has 14 heavy (non-hydrogen) atoms. The van der Waals surface area contributed by atoms with Gasteiger partial charge < -0.3 is 9.84 Å². The molecule has 0 bridgehead atoms. The van der Waals surface area contributed by atoms with E-state index >= 15 is 0 Å². The third kappa shape index (κ3) is 1.87. The molecule has 1 aliphatic heterocycles. The van der Waals surface area contributed by atoms with Crippen LogP contribution in [-0.4, -0.2) is 17.2 Å². The fourth-order valence-electron chi connectivity index (χ4n) is 1.66. The topological polar surface area (TPSA) is 46.5 Å². The minimum atomic E-state index is -0.134. The van der Waals surface area contributed by atoms with E-state index in [0.717, 1.165) is 12.0 Å². The molecule has 0 aromatic heterocycles. The maximum Gasteiger partial charge on any atom is 0.306 e. The van der Waals surface area contributed by atoms with Gasteiger partial charge in [-0.15, -0.1) is 0 Å². The molecule has 1 aliphatic rings. The van der Waals surface area contributed by atoms with E-state index in [1.54, 1.807) is 12.1 Å². The molecule has 3 nitrogen and oxygen atoms in total. The number of ether oxygens (including phenoxy) is 1. The highest BCUT2D eigenvalue weighted by atomic mass is 16.5. The number of phenolic OH excluding ortho intramolecular Hbond substituents is 1. The van der Waals surface area contributed by atoms with Crippen LogP contribution in [0, 0.1) is 0 Å². The van der Waals surface area contributed by atoms with E-state index in [1.807, 2.05) is 12.1 Å². The summed E-state index contributed by atoms with van der Waals surface area (Å²) in [5, 5.41) is 9.50. The molecule has 1 saturated heterocycles. The summed E-state index contributed by atoms with van der Waals surface area (Å²) in [6.07, 6.45) is 1.81. The van der Waals surface area contributed by atoms with Gasteiger partial charge in [0.1, 0.15) is 11.9 Å². The van der Waals surface area contributed by atoms with Gasteiger partial charge >= 0.3 is 5.97 Å². The summed E-state index contributed by atoms with van der Waals surface area (Å²) in [5.41, 5.74) is 0.840. The molecule has 3 heteroatoms. The number of benzene rings is 1. The first-order valence-electron chi connectivity index (χ1n) is 4.72. The summed E-state index contributed by atoms with van der Waals surface area (Å²) < 4.78 is 5.07. The molecule has 2 rings (SSSR count). The van der Waals surface area contributed by atoms with Crippen molar-refractivity contribution in [1.29, 1.82) is 0 Å². The van der Waals surface area contributed by atoms with Gasteiger partial charge in [0.05, 0.1) is 0 Å². The summed E-state index contributed by atoms with van der Waals surface area (Å²) in [5.74, 6) is 0.140. The van der Waals surface area contributed by atoms with Crippen molar-refractivity contribution in [3.8, 4) is 5.75 Å². The molecule has 1 aromatic carbocycles. The number of rotatable bonds is 2. The third-order valence-electron chi connectivity index (χ3n) is 2.41. The molecule has 1 fully saturated rings. The standard InChI is InChI=1S/C11H12O3/c12-10-4-2-1-3-8(10)7-9-5-6-11(13)14-9/h1-4,9,12H,5-7H2. The smallest absolute Gasteiger partial charge is 0.306 e. The Balaban J connectivity index is 2.04. The largest absolute Gasteiger partial charge is 0.508 e. The van der Waals surface area contributed by atoms with Crippen LogP contribution in [0.25, 0.3) is 0 Å². The molecule has 0 spiro atoms. The highest BCUT2D eigenvalue weighted by molar-refractivity contribution is 5.71. The minimum absolute atomic E-state index is 0.0594. The van der Waals surface area contributed by atoms with Gasteiger partial charge in [-0.25, -0.2) is 0 Å². The second-order valence-corrected chi connectivity index (χ2v) is 3.48. The van der Waals surface area contributed by atoms with Gasteiger partial charge in [0.25, 0.3) is 0 Å². The number of cyclic esters (lactones) is 1. The van der Waals surface area contributed by atoms with Crippen molar-refractivity contribution in [3.05, 3.63) is 29.8 Å². The molecule has 1 aromatic rings. The van der Waals surface area contributed by atoms with Crippen molar-refractivity contribution in [1.82, 2.24) is 0 Å². The summed E-state index contributed by atoms with van der Waals surface area (Å²) in [4.78, 5) is 10.8. The lowest BCUT2D eigenvalue weighted by atomic mass is 10.1. The monoisotopic (exact) mass is 192 g/mol. The second-order valence-electron chi connectivity index (χ2n) is 3.48. The Morgan fingerprint density at radius 1 is 1.43 bits per heavy atom. The summed E-state index contributed by atoms with van der Waals surface area (Å²) in [7, 11) is 0. The number of carbonyl (C=O) groups is 1. The Kier molecular flexibility index (Phi) is 2.39. The van der Waals surface area contributed by atoms with Gasteiger partial charge in [-0.3, -0.25) is 4.79 Å². The predicted octanol–water partition coefficient (Wildman–Crippen LogP) is 1.64. The zero-order chi connectivity index (χ0) is 9.97. The van der Waals surface area contributed by atoms with E-state index in [2.05, 4.69) is 0 Å². The van der Waals surface area contributed by atoms with E-state index in [4.69, 9.17) is 4.74 Å². The Bertz CT molecular complexity index is 346. The number of hydrogen-bond donors (Lipinski definition) is 1. The predicted molar refractivity (Wildman–Crippen MR) is 50.9 cm³/mol. The van der Waals surface area contributed by atoms with Crippen molar-refractivity contribution in [2.75, 3.05) is 0 Å². The van der Waals surface area contributed by atoms with E-state index in [0.29, 0.717) is 12.8 Å². The lowest BCUT2D eigenvalue weighted by molar-refractivity contribution is -0.141. The first-order valence-corrected chi connectivity index (χ1v) is 4.72. The van der Waals surface area contributed by atoms with Gasteiger partial charge in [0.15, 0.2) is 0 Å². The maximum atomic E-state index is 10.8. The first-order chi connectivity index (χ1) is 6.75. The van der Waals surface area contributed by atoms with Gasteiger partial charge in [-0.2, -0.15) is 0 Å². The van der Waals surface area contributed by atoms with Crippen LogP contribution in [-0.2, 0) is 16.0 Å².